The van der Waals surface area contributed by atoms with Crippen LogP contribution in [0.4, 0.5) is 20.3 Å². The van der Waals surface area contributed by atoms with Gasteiger partial charge < -0.3 is 20.7 Å². The highest BCUT2D eigenvalue weighted by Crippen LogP contribution is 2.34. The molecule has 38 heavy (non-hydrogen) atoms. The van der Waals surface area contributed by atoms with Gasteiger partial charge in [-0.25, -0.2) is 9.37 Å². The number of hydrogen-bond donors (Lipinski definition) is 2. The Labute approximate surface area is 219 Å². The Kier molecular flexibility index (Phi) is 6.67. The van der Waals surface area contributed by atoms with E-state index in [4.69, 9.17) is 10.5 Å². The van der Waals surface area contributed by atoms with Crippen molar-refractivity contribution in [3.05, 3.63) is 58.8 Å². The van der Waals surface area contributed by atoms with Crippen molar-refractivity contribution in [3.63, 3.8) is 0 Å². The molecule has 4 heterocycles. The molecule has 3 aromatic rings. The fourth-order valence-corrected chi connectivity index (χ4v) is 5.63. The number of halogens is 2. The van der Waals surface area contributed by atoms with E-state index in [9.17, 15) is 9.18 Å². The Morgan fingerprint density at radius 3 is 2.55 bits per heavy atom. The van der Waals surface area contributed by atoms with Gasteiger partial charge in [-0.1, -0.05) is 6.07 Å². The number of rotatable bonds is 5. The Morgan fingerprint density at radius 1 is 0.974 bits per heavy atom. The summed E-state index contributed by atoms with van der Waals surface area (Å²) in [6.45, 7) is 6.19. The zero-order valence-corrected chi connectivity index (χ0v) is 21.1. The predicted octanol–water partition coefficient (Wildman–Crippen LogP) is 3.39. The number of carbonyl (C=O) groups excluding carboxylic acids is 1. The normalized spacial score (nSPS) is 17.9. The maximum Gasteiger partial charge on any atom is 0.254 e. The van der Waals surface area contributed by atoms with Gasteiger partial charge in [0.1, 0.15) is 17.2 Å². The monoisotopic (exact) mass is 520 g/mol. The van der Waals surface area contributed by atoms with Gasteiger partial charge in [0, 0.05) is 43.0 Å². The van der Waals surface area contributed by atoms with E-state index in [2.05, 4.69) is 25.1 Å². The van der Waals surface area contributed by atoms with E-state index < -0.39 is 17.7 Å². The summed E-state index contributed by atoms with van der Waals surface area (Å²) in [6, 6.07) is 8.75. The van der Waals surface area contributed by atoms with Crippen molar-refractivity contribution in [3.8, 4) is 22.5 Å². The average Bonchev–Trinajstić information content (AvgIpc) is 3.42. The molecule has 0 spiro atoms. The number of amides is 1. The molecular formula is C28H30F2N6O2. The molecule has 1 amide bonds. The van der Waals surface area contributed by atoms with Gasteiger partial charge in [0.25, 0.3) is 5.91 Å². The van der Waals surface area contributed by atoms with Gasteiger partial charge >= 0.3 is 0 Å². The molecule has 0 atom stereocenters. The molecule has 0 radical (unpaired) electrons. The van der Waals surface area contributed by atoms with Crippen LogP contribution in [0.1, 0.15) is 34.3 Å². The molecule has 8 nitrogen and oxygen atoms in total. The summed E-state index contributed by atoms with van der Waals surface area (Å²) in [5.74, 6) is -2.02. The number of fused-ring (bicyclic) bond motifs is 1. The highest BCUT2D eigenvalue weighted by Gasteiger charge is 2.25. The SMILES string of the molecule is Nc1nc(F)c(-c2ccc(N3CCOCC3)c(CN3CCCC3)c2)nc1-c1cc(F)c2c(c1)CCNC2=O. The Bertz CT molecular complexity index is 1390. The number of morpholine rings is 1. The van der Waals surface area contributed by atoms with Crippen LogP contribution in [0.3, 0.4) is 0 Å². The summed E-state index contributed by atoms with van der Waals surface area (Å²) in [5.41, 5.74) is 10.1. The van der Waals surface area contributed by atoms with Crippen molar-refractivity contribution in [2.45, 2.75) is 25.8 Å². The molecule has 2 saturated heterocycles. The van der Waals surface area contributed by atoms with Crippen LogP contribution >= 0.6 is 0 Å². The first-order chi connectivity index (χ1) is 18.5. The van der Waals surface area contributed by atoms with E-state index in [1.165, 1.54) is 18.9 Å². The van der Waals surface area contributed by atoms with Crippen molar-refractivity contribution < 1.29 is 18.3 Å². The first-order valence-electron chi connectivity index (χ1n) is 13.1. The van der Waals surface area contributed by atoms with Crippen molar-refractivity contribution in [2.75, 3.05) is 56.6 Å². The molecule has 0 bridgehead atoms. The maximum atomic E-state index is 15.2. The topological polar surface area (TPSA) is 96.6 Å². The van der Waals surface area contributed by atoms with Crippen LogP contribution in [0, 0.1) is 11.8 Å². The van der Waals surface area contributed by atoms with Gasteiger partial charge in [-0.2, -0.15) is 9.37 Å². The molecule has 2 fully saturated rings. The van der Waals surface area contributed by atoms with E-state index in [0.29, 0.717) is 42.9 Å². The van der Waals surface area contributed by atoms with Gasteiger partial charge in [0.05, 0.1) is 18.8 Å². The van der Waals surface area contributed by atoms with Crippen molar-refractivity contribution in [2.24, 2.45) is 0 Å². The fourth-order valence-electron chi connectivity index (χ4n) is 5.63. The largest absolute Gasteiger partial charge is 0.382 e. The van der Waals surface area contributed by atoms with Gasteiger partial charge in [-0.15, -0.1) is 0 Å². The van der Waals surface area contributed by atoms with E-state index in [1.807, 2.05) is 18.2 Å². The van der Waals surface area contributed by atoms with Crippen molar-refractivity contribution >= 4 is 17.4 Å². The predicted molar refractivity (Wildman–Crippen MR) is 141 cm³/mol. The quantitative estimate of drug-likeness (QED) is 0.532. The van der Waals surface area contributed by atoms with Crippen LogP contribution in [-0.2, 0) is 17.7 Å². The van der Waals surface area contributed by atoms with Gasteiger partial charge in [-0.05, 0) is 67.7 Å². The third-order valence-electron chi connectivity index (χ3n) is 7.53. The number of ether oxygens (including phenoxy) is 1. The van der Waals surface area contributed by atoms with Crippen molar-refractivity contribution in [1.29, 1.82) is 0 Å². The number of nitrogens with one attached hydrogen (secondary N) is 1. The minimum atomic E-state index is -0.782. The summed E-state index contributed by atoms with van der Waals surface area (Å²) in [6.07, 6.45) is 2.83. The number of nitrogen functional groups attached to an aromatic ring is 1. The zero-order chi connectivity index (χ0) is 26.2. The summed E-state index contributed by atoms with van der Waals surface area (Å²) in [5, 5.41) is 2.65. The van der Waals surface area contributed by atoms with E-state index in [-0.39, 0.29) is 22.8 Å². The molecule has 3 aliphatic heterocycles. The summed E-state index contributed by atoms with van der Waals surface area (Å²) >= 11 is 0. The molecular weight excluding hydrogens is 490 g/mol. The molecule has 3 N–H and O–H groups in total. The third-order valence-corrected chi connectivity index (χ3v) is 7.53. The van der Waals surface area contributed by atoms with Crippen LogP contribution in [0.15, 0.2) is 30.3 Å². The Hall–Kier alpha value is -3.63. The molecule has 1 aromatic heterocycles. The molecule has 0 unspecified atom stereocenters. The molecule has 3 aliphatic rings. The average molecular weight is 521 g/mol. The second-order valence-electron chi connectivity index (χ2n) is 10.0. The molecule has 0 aliphatic carbocycles. The lowest BCUT2D eigenvalue weighted by molar-refractivity contribution is 0.0941. The van der Waals surface area contributed by atoms with Crippen LogP contribution in [0.5, 0.6) is 0 Å². The zero-order valence-electron chi connectivity index (χ0n) is 21.1. The minimum Gasteiger partial charge on any atom is -0.382 e. The van der Waals surface area contributed by atoms with Crippen LogP contribution in [0.2, 0.25) is 0 Å². The second-order valence-corrected chi connectivity index (χ2v) is 10.0. The molecule has 10 heteroatoms. The van der Waals surface area contributed by atoms with Gasteiger partial charge in [0.15, 0.2) is 5.82 Å². The number of likely N-dealkylation sites (tertiary alicyclic amines) is 1. The van der Waals surface area contributed by atoms with Crippen LogP contribution < -0.4 is 16.0 Å². The number of nitrogens with zero attached hydrogens (tertiary/aromatic N) is 4. The highest BCUT2D eigenvalue weighted by molar-refractivity contribution is 5.97. The van der Waals surface area contributed by atoms with E-state index in [0.717, 1.165) is 44.0 Å². The minimum absolute atomic E-state index is 0.0270. The van der Waals surface area contributed by atoms with Crippen molar-refractivity contribution in [1.82, 2.24) is 20.2 Å². The number of benzene rings is 2. The number of carbonyl (C=O) groups is 1. The lowest BCUT2D eigenvalue weighted by Gasteiger charge is -2.31. The van der Waals surface area contributed by atoms with Crippen LogP contribution in [0.25, 0.3) is 22.5 Å². The highest BCUT2D eigenvalue weighted by atomic mass is 19.1. The lowest BCUT2D eigenvalue weighted by Crippen LogP contribution is -2.37. The third kappa shape index (κ3) is 4.69. The summed E-state index contributed by atoms with van der Waals surface area (Å²) < 4.78 is 35.7. The smallest absolute Gasteiger partial charge is 0.254 e. The standard InChI is InChI=1S/C28H30F2N6O2/c29-21-15-19(13-17-5-6-32-28(37)23(17)21)25-27(31)34-26(30)24(33-25)18-3-4-22(36-9-11-38-12-10-36)20(14-18)16-35-7-1-2-8-35/h3-4,13-15H,1-2,5-12,16H2,(H2,31,34)(H,32,37). The fraction of sp³-hybridized carbons (Fsp3) is 0.393. The second kappa shape index (κ2) is 10.3. The molecule has 6 rings (SSSR count). The summed E-state index contributed by atoms with van der Waals surface area (Å²) in [4.78, 5) is 25.3. The lowest BCUT2D eigenvalue weighted by atomic mass is 9.95. The van der Waals surface area contributed by atoms with E-state index >= 15 is 4.39 Å². The Balaban J connectivity index is 1.41. The number of hydrogen-bond acceptors (Lipinski definition) is 7. The number of aromatic nitrogens is 2. The number of anilines is 2. The van der Waals surface area contributed by atoms with E-state index in [1.54, 1.807) is 6.07 Å². The maximum absolute atomic E-state index is 15.2. The first-order valence-corrected chi connectivity index (χ1v) is 13.1. The van der Waals surface area contributed by atoms with Gasteiger partial charge in [-0.3, -0.25) is 9.69 Å². The van der Waals surface area contributed by atoms with Crippen LogP contribution in [-0.4, -0.2) is 66.7 Å². The number of nitrogens with two attached hydrogens (primary N) is 1. The summed E-state index contributed by atoms with van der Waals surface area (Å²) in [7, 11) is 0. The molecule has 2 aromatic carbocycles. The first kappa shape index (κ1) is 24.7. The Morgan fingerprint density at radius 2 is 1.76 bits per heavy atom. The molecule has 0 saturated carbocycles. The van der Waals surface area contributed by atoms with Gasteiger partial charge in [0.2, 0.25) is 5.95 Å². The molecule has 198 valence electrons.